The Morgan fingerprint density at radius 2 is 1.22 bits per heavy atom. The van der Waals surface area contributed by atoms with Gasteiger partial charge >= 0.3 is 0 Å². The highest BCUT2D eigenvalue weighted by molar-refractivity contribution is 5.26. The first kappa shape index (κ1) is 24.3. The van der Waals surface area contributed by atoms with Gasteiger partial charge in [-0.2, -0.15) is 0 Å². The molecule has 1 aromatic carbocycles. The molecule has 0 saturated heterocycles. The molecule has 3 fully saturated rings. The van der Waals surface area contributed by atoms with E-state index in [1.54, 1.807) is 11.1 Å². The average Bonchev–Trinajstić information content (AvgIpc) is 2.88. The highest BCUT2D eigenvalue weighted by Crippen LogP contribution is 2.40. The Morgan fingerprint density at radius 3 is 1.81 bits per heavy atom. The van der Waals surface area contributed by atoms with E-state index in [1.807, 2.05) is 0 Å². The molecule has 0 spiro atoms. The van der Waals surface area contributed by atoms with Crippen LogP contribution in [-0.2, 0) is 6.42 Å². The van der Waals surface area contributed by atoms with Crippen LogP contribution in [0.1, 0.15) is 140 Å². The maximum Gasteiger partial charge on any atom is -0.0162 e. The lowest BCUT2D eigenvalue weighted by atomic mass is 9.72. The third-order valence-corrected chi connectivity index (χ3v) is 10.2. The molecule has 1 aromatic rings. The fraction of sp³-hybridized carbons (Fsp3) is 0.812. The minimum Gasteiger partial charge on any atom is -0.0651 e. The number of rotatable bonds is 9. The van der Waals surface area contributed by atoms with E-state index < -0.39 is 0 Å². The first-order valence-corrected chi connectivity index (χ1v) is 14.8. The van der Waals surface area contributed by atoms with Gasteiger partial charge in [0.25, 0.3) is 0 Å². The van der Waals surface area contributed by atoms with E-state index in [4.69, 9.17) is 0 Å². The SMILES string of the molecule is CCC1CCC(CCC(Cc2ccc(C3CCC(CC)CC3)cc2)C2CCCCC2)CC1. The van der Waals surface area contributed by atoms with Crippen molar-refractivity contribution in [2.45, 2.75) is 135 Å². The van der Waals surface area contributed by atoms with Gasteiger partial charge in [0.05, 0.1) is 0 Å². The van der Waals surface area contributed by atoms with E-state index in [1.165, 1.54) is 116 Å². The van der Waals surface area contributed by atoms with Gasteiger partial charge in [-0.3, -0.25) is 0 Å². The molecule has 4 rings (SSSR count). The zero-order valence-corrected chi connectivity index (χ0v) is 21.5. The second-order valence-electron chi connectivity index (χ2n) is 12.1. The predicted octanol–water partition coefficient (Wildman–Crippen LogP) is 10.1. The van der Waals surface area contributed by atoms with E-state index in [2.05, 4.69) is 38.1 Å². The van der Waals surface area contributed by atoms with Crippen molar-refractivity contribution >= 4 is 0 Å². The van der Waals surface area contributed by atoms with Crippen LogP contribution in [0.3, 0.4) is 0 Å². The Balaban J connectivity index is 1.32. The van der Waals surface area contributed by atoms with Crippen LogP contribution in [0.2, 0.25) is 0 Å². The molecule has 0 aliphatic heterocycles. The summed E-state index contributed by atoms with van der Waals surface area (Å²) in [6.07, 6.45) is 26.4. The van der Waals surface area contributed by atoms with Crippen LogP contribution in [0.25, 0.3) is 0 Å². The lowest BCUT2D eigenvalue weighted by molar-refractivity contribution is 0.198. The molecule has 0 bridgehead atoms. The van der Waals surface area contributed by atoms with Gasteiger partial charge in [0.15, 0.2) is 0 Å². The Labute approximate surface area is 200 Å². The molecular formula is C32H52. The normalized spacial score (nSPS) is 30.8. The highest BCUT2D eigenvalue weighted by Gasteiger charge is 2.27. The highest BCUT2D eigenvalue weighted by atomic mass is 14.3. The third-order valence-electron chi connectivity index (χ3n) is 10.2. The van der Waals surface area contributed by atoms with Crippen molar-refractivity contribution in [1.29, 1.82) is 0 Å². The first-order chi connectivity index (χ1) is 15.7. The molecule has 0 nitrogen and oxygen atoms in total. The fourth-order valence-electron chi connectivity index (χ4n) is 7.62. The van der Waals surface area contributed by atoms with Crippen LogP contribution >= 0.6 is 0 Å². The monoisotopic (exact) mass is 436 g/mol. The Hall–Kier alpha value is -0.780. The first-order valence-electron chi connectivity index (χ1n) is 14.8. The summed E-state index contributed by atoms with van der Waals surface area (Å²) in [5, 5.41) is 0. The summed E-state index contributed by atoms with van der Waals surface area (Å²) in [4.78, 5) is 0. The Morgan fingerprint density at radius 1 is 0.656 bits per heavy atom. The molecule has 0 heteroatoms. The van der Waals surface area contributed by atoms with E-state index >= 15 is 0 Å². The number of hydrogen-bond acceptors (Lipinski definition) is 0. The summed E-state index contributed by atoms with van der Waals surface area (Å²) in [6, 6.07) is 10.1. The molecule has 3 saturated carbocycles. The van der Waals surface area contributed by atoms with Crippen molar-refractivity contribution in [3.05, 3.63) is 35.4 Å². The number of benzene rings is 1. The van der Waals surface area contributed by atoms with Crippen LogP contribution in [0.4, 0.5) is 0 Å². The maximum atomic E-state index is 2.52. The van der Waals surface area contributed by atoms with E-state index in [-0.39, 0.29) is 0 Å². The molecule has 3 aliphatic rings. The Bertz CT molecular complexity index is 621. The summed E-state index contributed by atoms with van der Waals surface area (Å²) in [5.41, 5.74) is 3.26. The van der Waals surface area contributed by atoms with Gasteiger partial charge < -0.3 is 0 Å². The average molecular weight is 437 g/mol. The molecule has 32 heavy (non-hydrogen) atoms. The molecule has 3 aliphatic carbocycles. The van der Waals surface area contributed by atoms with Gasteiger partial charge in [-0.05, 0) is 85.2 Å². The summed E-state index contributed by atoms with van der Waals surface area (Å²) < 4.78 is 0. The molecular weight excluding hydrogens is 384 g/mol. The smallest absolute Gasteiger partial charge is 0.0162 e. The summed E-state index contributed by atoms with van der Waals surface area (Å²) in [7, 11) is 0. The van der Waals surface area contributed by atoms with Crippen molar-refractivity contribution in [3.8, 4) is 0 Å². The lowest BCUT2D eigenvalue weighted by Crippen LogP contribution is -2.22. The van der Waals surface area contributed by atoms with Crippen molar-refractivity contribution < 1.29 is 0 Å². The van der Waals surface area contributed by atoms with Gasteiger partial charge in [0, 0.05) is 0 Å². The third kappa shape index (κ3) is 6.87. The second-order valence-corrected chi connectivity index (χ2v) is 12.1. The molecule has 180 valence electrons. The minimum absolute atomic E-state index is 0.833. The van der Waals surface area contributed by atoms with Gasteiger partial charge in [-0.15, -0.1) is 0 Å². The summed E-state index contributed by atoms with van der Waals surface area (Å²) in [5.74, 6) is 5.84. The Kier molecular flexibility index (Phi) is 9.60. The zero-order chi connectivity index (χ0) is 22.2. The van der Waals surface area contributed by atoms with Crippen LogP contribution in [0, 0.1) is 29.6 Å². The van der Waals surface area contributed by atoms with Crippen LogP contribution in [0.5, 0.6) is 0 Å². The lowest BCUT2D eigenvalue weighted by Gasteiger charge is -2.33. The summed E-state index contributed by atoms with van der Waals surface area (Å²) in [6.45, 7) is 4.77. The second kappa shape index (κ2) is 12.6. The van der Waals surface area contributed by atoms with Crippen LogP contribution in [-0.4, -0.2) is 0 Å². The molecule has 0 amide bonds. The van der Waals surface area contributed by atoms with E-state index in [0.29, 0.717) is 0 Å². The van der Waals surface area contributed by atoms with Crippen LogP contribution in [0.15, 0.2) is 24.3 Å². The van der Waals surface area contributed by atoms with Crippen molar-refractivity contribution in [2.75, 3.05) is 0 Å². The van der Waals surface area contributed by atoms with Gasteiger partial charge in [-0.25, -0.2) is 0 Å². The molecule has 1 atom stereocenters. The van der Waals surface area contributed by atoms with Crippen LogP contribution < -0.4 is 0 Å². The quantitative estimate of drug-likeness (QED) is 0.361. The van der Waals surface area contributed by atoms with Crippen molar-refractivity contribution in [3.63, 3.8) is 0 Å². The minimum atomic E-state index is 0.833. The molecule has 1 unspecified atom stereocenters. The van der Waals surface area contributed by atoms with E-state index in [9.17, 15) is 0 Å². The largest absolute Gasteiger partial charge is 0.0651 e. The summed E-state index contributed by atoms with van der Waals surface area (Å²) >= 11 is 0. The molecule has 0 N–H and O–H groups in total. The predicted molar refractivity (Wildman–Crippen MR) is 140 cm³/mol. The maximum absolute atomic E-state index is 2.52. The number of hydrogen-bond donors (Lipinski definition) is 0. The van der Waals surface area contributed by atoms with Crippen molar-refractivity contribution in [2.24, 2.45) is 29.6 Å². The molecule has 0 heterocycles. The van der Waals surface area contributed by atoms with Gasteiger partial charge in [0.1, 0.15) is 0 Å². The topological polar surface area (TPSA) is 0 Å². The molecule has 0 radical (unpaired) electrons. The van der Waals surface area contributed by atoms with Gasteiger partial charge in [0.2, 0.25) is 0 Å². The molecule has 0 aromatic heterocycles. The standard InChI is InChI=1S/C32H52/c1-3-25-10-12-27(13-11-25)16-23-32(29-8-6-5-7-9-29)24-28-17-21-31(22-18-28)30-19-14-26(4-2)15-20-30/h17-18,21-22,25-27,29-30,32H,3-16,19-20,23-24H2,1-2H3. The van der Waals surface area contributed by atoms with E-state index in [0.717, 1.165) is 35.5 Å². The van der Waals surface area contributed by atoms with Gasteiger partial charge in [-0.1, -0.05) is 115 Å². The zero-order valence-electron chi connectivity index (χ0n) is 21.5. The fourth-order valence-corrected chi connectivity index (χ4v) is 7.62. The van der Waals surface area contributed by atoms with Crippen molar-refractivity contribution in [1.82, 2.24) is 0 Å².